The summed E-state index contributed by atoms with van der Waals surface area (Å²) in [6, 6.07) is 14.8. The molecular weight excluding hydrogens is 530 g/mol. The van der Waals surface area contributed by atoms with Gasteiger partial charge in [0.15, 0.2) is 0 Å². The third kappa shape index (κ3) is 17.7. The molecule has 33 heavy (non-hydrogen) atoms. The summed E-state index contributed by atoms with van der Waals surface area (Å²) in [6.07, 6.45) is 20.2. The molecule has 0 N–H and O–H groups in total. The van der Waals surface area contributed by atoms with Crippen LogP contribution in [0.5, 0.6) is 11.5 Å². The molecule has 0 saturated carbocycles. The van der Waals surface area contributed by atoms with E-state index in [1.807, 2.05) is 36.4 Å². The van der Waals surface area contributed by atoms with Crippen LogP contribution in [0, 0.1) is 0 Å². The zero-order chi connectivity index (χ0) is 23.3. The van der Waals surface area contributed by atoms with E-state index in [9.17, 15) is 10.2 Å². The van der Waals surface area contributed by atoms with Crippen molar-refractivity contribution in [1.82, 2.24) is 0 Å². The normalized spacial score (nSPS) is 10.2. The van der Waals surface area contributed by atoms with Crippen LogP contribution in [0.15, 0.2) is 48.5 Å². The minimum Gasteiger partial charge on any atom is -0.872 e. The summed E-state index contributed by atoms with van der Waals surface area (Å²) in [5, 5.41) is 22.8. The molecule has 0 heterocycles. The van der Waals surface area contributed by atoms with Crippen molar-refractivity contribution < 1.29 is 10.2 Å². The van der Waals surface area contributed by atoms with Gasteiger partial charge in [0, 0.05) is 0 Å². The van der Waals surface area contributed by atoms with Crippen LogP contribution in [0.2, 0.25) is 0 Å². The summed E-state index contributed by atoms with van der Waals surface area (Å²) >= 11 is 0. The van der Waals surface area contributed by atoms with E-state index in [0.29, 0.717) is 0 Å². The van der Waals surface area contributed by atoms with Gasteiger partial charge in [-0.3, -0.25) is 0 Å². The molecule has 2 rings (SSSR count). The van der Waals surface area contributed by atoms with Crippen LogP contribution in [-0.4, -0.2) is 48.9 Å². The minimum atomic E-state index is 0. The Balaban J connectivity index is 0.000000602. The molecule has 0 unspecified atom stereocenters. The van der Waals surface area contributed by atoms with Crippen molar-refractivity contribution in [1.29, 1.82) is 0 Å². The Kier molecular flexibility index (Phi) is 23.1. The van der Waals surface area contributed by atoms with E-state index in [1.165, 1.54) is 77.0 Å². The molecule has 0 fully saturated rings. The molecule has 0 aliphatic carbocycles. The summed E-state index contributed by atoms with van der Waals surface area (Å²) in [6.45, 7) is 4.48. The molecule has 0 aliphatic heterocycles. The van der Waals surface area contributed by atoms with Gasteiger partial charge in [0.25, 0.3) is 0 Å². The van der Waals surface area contributed by atoms with Gasteiger partial charge in [-0.25, -0.2) is 0 Å². The summed E-state index contributed by atoms with van der Waals surface area (Å²) < 4.78 is 0. The minimum absolute atomic E-state index is 0. The first-order valence-corrected chi connectivity index (χ1v) is 13.2. The van der Waals surface area contributed by atoms with Crippen molar-refractivity contribution in [3.63, 3.8) is 0 Å². The van der Waals surface area contributed by atoms with Crippen LogP contribution in [0.1, 0.15) is 115 Å². The largest absolute Gasteiger partial charge is 2.00 e. The molecule has 0 aromatic heterocycles. The topological polar surface area (TPSA) is 46.1 Å². The average molecular weight is 576 g/mol. The van der Waals surface area contributed by atoms with Gasteiger partial charge < -0.3 is 10.2 Å². The second-order valence-corrected chi connectivity index (χ2v) is 8.96. The first-order valence-electron chi connectivity index (χ1n) is 13.2. The molecule has 2 aromatic carbocycles. The van der Waals surface area contributed by atoms with Crippen LogP contribution < -0.4 is 10.2 Å². The van der Waals surface area contributed by atoms with Gasteiger partial charge in [0.2, 0.25) is 0 Å². The molecule has 3 heteroatoms. The molecule has 0 radical (unpaired) electrons. The maximum Gasteiger partial charge on any atom is 2.00 e. The monoisotopic (exact) mass is 576 g/mol. The Bertz CT molecular complexity index is 627. The summed E-state index contributed by atoms with van der Waals surface area (Å²) in [4.78, 5) is 0. The third-order valence-corrected chi connectivity index (χ3v) is 6.04. The fourth-order valence-corrected chi connectivity index (χ4v) is 3.97. The van der Waals surface area contributed by atoms with Crippen molar-refractivity contribution in [2.24, 2.45) is 0 Å². The van der Waals surface area contributed by atoms with E-state index in [-0.39, 0.29) is 60.4 Å². The zero-order valence-corrected chi connectivity index (χ0v) is 25.9. The Morgan fingerprint density at radius 1 is 0.455 bits per heavy atom. The maximum absolute atomic E-state index is 11.4. The molecule has 2 nitrogen and oxygen atoms in total. The molecule has 2 aromatic rings. The van der Waals surface area contributed by atoms with Crippen molar-refractivity contribution >= 4 is 48.9 Å². The van der Waals surface area contributed by atoms with Crippen molar-refractivity contribution in [3.05, 3.63) is 59.7 Å². The Labute approximate surface area is 244 Å². The van der Waals surface area contributed by atoms with Crippen molar-refractivity contribution in [2.75, 3.05) is 0 Å². The van der Waals surface area contributed by atoms with E-state index in [1.54, 1.807) is 12.1 Å². The molecule has 180 valence electrons. The zero-order valence-electron chi connectivity index (χ0n) is 21.5. The number of aryl methyl sites for hydroxylation is 2. The first-order chi connectivity index (χ1) is 15.7. The average Bonchev–Trinajstić information content (AvgIpc) is 2.80. The van der Waals surface area contributed by atoms with Gasteiger partial charge in [-0.05, 0) is 25.7 Å². The van der Waals surface area contributed by atoms with Crippen LogP contribution in [0.3, 0.4) is 0 Å². The van der Waals surface area contributed by atoms with Crippen molar-refractivity contribution in [2.45, 2.75) is 117 Å². The second-order valence-electron chi connectivity index (χ2n) is 8.96. The fraction of sp³-hybridized carbons (Fsp3) is 0.600. The number of rotatable bonds is 16. The predicted octanol–water partition coefficient (Wildman–Crippen LogP) is 7.73. The van der Waals surface area contributed by atoms with Crippen LogP contribution in [-0.2, 0) is 12.8 Å². The first kappa shape index (κ1) is 32.6. The quantitative estimate of drug-likeness (QED) is 0.152. The summed E-state index contributed by atoms with van der Waals surface area (Å²) in [5.41, 5.74) is 1.96. The van der Waals surface area contributed by atoms with Gasteiger partial charge >= 0.3 is 48.9 Å². The number of hydrogen-bond acceptors (Lipinski definition) is 2. The van der Waals surface area contributed by atoms with E-state index in [2.05, 4.69) is 13.8 Å². The summed E-state index contributed by atoms with van der Waals surface area (Å²) in [7, 11) is 0. The number of hydrogen-bond donors (Lipinski definition) is 0. The van der Waals surface area contributed by atoms with E-state index < -0.39 is 0 Å². The maximum atomic E-state index is 11.4. The van der Waals surface area contributed by atoms with E-state index in [0.717, 1.165) is 36.8 Å². The Morgan fingerprint density at radius 2 is 0.758 bits per heavy atom. The summed E-state index contributed by atoms with van der Waals surface area (Å²) in [5.74, 6) is 0.405. The van der Waals surface area contributed by atoms with Crippen LogP contribution in [0.4, 0.5) is 0 Å². The van der Waals surface area contributed by atoms with Gasteiger partial charge in [0.05, 0.1) is 0 Å². The molecule has 0 saturated heterocycles. The molecule has 0 spiro atoms. The van der Waals surface area contributed by atoms with Gasteiger partial charge in [-0.1, -0.05) is 151 Å². The SMILES string of the molecule is CCCCCCCCCc1ccccc1[O-].CCCCCCCCCc1ccccc1[O-].[Ba+2]. The van der Waals surface area contributed by atoms with E-state index >= 15 is 0 Å². The molecule has 0 atom stereocenters. The van der Waals surface area contributed by atoms with Crippen LogP contribution >= 0.6 is 0 Å². The molecule has 0 bridgehead atoms. The van der Waals surface area contributed by atoms with Gasteiger partial charge in [0.1, 0.15) is 0 Å². The van der Waals surface area contributed by atoms with Crippen LogP contribution in [0.25, 0.3) is 0 Å². The molecule has 0 aliphatic rings. The second kappa shape index (κ2) is 23.4. The smallest absolute Gasteiger partial charge is 0.872 e. The predicted molar refractivity (Wildman–Crippen MR) is 141 cm³/mol. The molecular formula is C30H46BaO2. The number of para-hydroxylation sites is 2. The van der Waals surface area contributed by atoms with E-state index in [4.69, 9.17) is 0 Å². The van der Waals surface area contributed by atoms with Crippen molar-refractivity contribution in [3.8, 4) is 11.5 Å². The Hall–Kier alpha value is -0.389. The van der Waals surface area contributed by atoms with Gasteiger partial charge in [-0.15, -0.1) is 11.5 Å². The standard InChI is InChI=1S/2C15H24O.Ba/c2*1-2-3-4-5-6-7-8-11-14-12-9-10-13-15(14)16;/h2*9-10,12-13,16H,2-8,11H2,1H3;/q;;+2/p-2. The number of benzene rings is 2. The number of unbranched alkanes of at least 4 members (excludes halogenated alkanes) is 12. The fourth-order valence-electron chi connectivity index (χ4n) is 3.97. The third-order valence-electron chi connectivity index (χ3n) is 6.04. The van der Waals surface area contributed by atoms with Gasteiger partial charge in [-0.2, -0.15) is 0 Å². The molecule has 0 amide bonds. The Morgan fingerprint density at radius 3 is 1.09 bits per heavy atom.